The first-order valence-electron chi connectivity index (χ1n) is 16.6. The molecule has 4 aromatic rings. The van der Waals surface area contributed by atoms with Crippen molar-refractivity contribution in [3.8, 4) is 0 Å². The van der Waals surface area contributed by atoms with Crippen molar-refractivity contribution >= 4 is 122 Å². The number of imidazole rings is 2. The van der Waals surface area contributed by atoms with E-state index in [9.17, 15) is 48.8 Å². The molecular formula is C25H33ClN10Na4O16P4S4. The van der Waals surface area contributed by atoms with Crippen molar-refractivity contribution in [2.75, 3.05) is 50.5 Å². The summed E-state index contributed by atoms with van der Waals surface area (Å²) < 4.78 is 71.2. The molecule has 0 saturated carbocycles. The van der Waals surface area contributed by atoms with Crippen LogP contribution < -0.4 is 144 Å². The van der Waals surface area contributed by atoms with Gasteiger partial charge in [-0.1, -0.05) is 35.3 Å². The van der Waals surface area contributed by atoms with Crippen LogP contribution in [0, 0.1) is 0 Å². The van der Waals surface area contributed by atoms with Crippen LogP contribution in [0.3, 0.4) is 0 Å². The molecule has 6 heterocycles. The van der Waals surface area contributed by atoms with E-state index >= 15 is 0 Å². The molecule has 5 unspecified atom stereocenters. The average Bonchev–Trinajstić information content (AvgIpc) is 3.95. The van der Waals surface area contributed by atoms with Gasteiger partial charge in [0, 0.05) is 14.1 Å². The van der Waals surface area contributed by atoms with Gasteiger partial charge in [-0.15, -0.1) is 11.6 Å². The molecule has 39 heteroatoms. The van der Waals surface area contributed by atoms with Crippen molar-refractivity contribution in [2.45, 2.75) is 64.3 Å². The third kappa shape index (κ3) is 14.1. The minimum atomic E-state index is -6.13. The van der Waals surface area contributed by atoms with E-state index in [2.05, 4.69) is 73.2 Å². The molecule has 6 N–H and O–H groups in total. The Bertz CT molecular complexity index is 2290. The Morgan fingerprint density at radius 3 is 1.55 bits per heavy atom. The van der Waals surface area contributed by atoms with Crippen LogP contribution in [0.15, 0.2) is 23.0 Å². The van der Waals surface area contributed by atoms with E-state index in [0.717, 1.165) is 0 Å². The minimum Gasteiger partial charge on any atom is -0.779 e. The van der Waals surface area contributed by atoms with Crippen LogP contribution in [0.1, 0.15) is 12.5 Å². The number of anilines is 2. The van der Waals surface area contributed by atoms with Gasteiger partial charge in [-0.05, 0) is 12.5 Å². The van der Waals surface area contributed by atoms with Crippen LogP contribution in [0.4, 0.5) is 11.6 Å². The molecule has 334 valence electrons. The van der Waals surface area contributed by atoms with Crippen molar-refractivity contribution < 1.29 is 194 Å². The van der Waals surface area contributed by atoms with Gasteiger partial charge in [0.1, 0.15) is 43.3 Å². The topological polar surface area (TPSA) is 368 Å². The molecule has 13 atom stereocenters. The fourth-order valence-electron chi connectivity index (χ4n) is 5.80. The number of nitrogens with zero attached hydrogens (tertiary/aromatic N) is 8. The number of alkyl halides is 1. The predicted molar refractivity (Wildman–Crippen MR) is 213 cm³/mol. The number of aliphatic hydroxyl groups is 4. The van der Waals surface area contributed by atoms with E-state index in [1.54, 1.807) is 26.6 Å². The first kappa shape index (κ1) is 63.0. The second-order valence-electron chi connectivity index (χ2n) is 12.4. The molecule has 0 radical (unpaired) electrons. The quantitative estimate of drug-likeness (QED) is 0.0135. The monoisotopic (exact) mass is 1110 g/mol. The molecule has 2 saturated heterocycles. The number of rotatable bonds is 18. The molecule has 2 aliphatic rings. The maximum absolute atomic E-state index is 13.0. The zero-order valence-electron chi connectivity index (χ0n) is 34.8. The molecule has 64 heavy (non-hydrogen) atoms. The summed E-state index contributed by atoms with van der Waals surface area (Å²) in [5.74, 6) is 0.712. The van der Waals surface area contributed by atoms with E-state index in [4.69, 9.17) is 30.1 Å². The first-order valence-corrected chi connectivity index (χ1v) is 27.8. The fourth-order valence-corrected chi connectivity index (χ4v) is 15.2. The number of halogens is 1. The van der Waals surface area contributed by atoms with Crippen molar-refractivity contribution in [1.29, 1.82) is 0 Å². The molecule has 0 aliphatic carbocycles. The van der Waals surface area contributed by atoms with E-state index in [0.29, 0.717) is 33.0 Å². The van der Waals surface area contributed by atoms with Crippen LogP contribution >= 0.6 is 63.8 Å². The number of aromatic nitrogens is 8. The molecule has 0 spiro atoms. The molecule has 0 bridgehead atoms. The zero-order valence-corrected chi connectivity index (χ0v) is 50.4. The summed E-state index contributed by atoms with van der Waals surface area (Å²) in [5.41, 5.74) is 0.995. The number of thioether (sulfide) groups is 2. The number of nitrogens with one attached hydrogen (secondary N) is 2. The second-order valence-corrected chi connectivity index (χ2v) is 24.9. The van der Waals surface area contributed by atoms with Crippen LogP contribution in [-0.4, -0.2) is 141 Å². The van der Waals surface area contributed by atoms with E-state index in [-0.39, 0.29) is 130 Å². The normalized spacial score (nSPS) is 27.4. The van der Waals surface area contributed by atoms with Crippen LogP contribution in [0.25, 0.3) is 22.3 Å². The second kappa shape index (κ2) is 25.7. The Labute approximate surface area is 476 Å². The van der Waals surface area contributed by atoms with Gasteiger partial charge in [-0.3, -0.25) is 22.3 Å². The molecule has 0 amide bonds. The maximum Gasteiger partial charge on any atom is 1.00 e. The van der Waals surface area contributed by atoms with Gasteiger partial charge in [0.15, 0.2) is 76.8 Å². The maximum atomic E-state index is 13.0. The van der Waals surface area contributed by atoms with Crippen molar-refractivity contribution in [2.24, 2.45) is 0 Å². The Morgan fingerprint density at radius 1 is 0.766 bits per heavy atom. The summed E-state index contributed by atoms with van der Waals surface area (Å²) in [5, 5.41) is 49.3. The summed E-state index contributed by atoms with van der Waals surface area (Å²) >= 11 is 17.3. The zero-order chi connectivity index (χ0) is 44.1. The van der Waals surface area contributed by atoms with E-state index < -0.39 is 95.9 Å². The van der Waals surface area contributed by atoms with E-state index in [1.807, 2.05) is 0 Å². The van der Waals surface area contributed by atoms with E-state index in [1.165, 1.54) is 45.3 Å². The minimum absolute atomic E-state index is 0. The molecule has 26 nitrogen and oxygen atoms in total. The summed E-state index contributed by atoms with van der Waals surface area (Å²) in [7, 11) is -9.06. The van der Waals surface area contributed by atoms with Crippen molar-refractivity contribution in [1.82, 2.24) is 39.0 Å². The van der Waals surface area contributed by atoms with Gasteiger partial charge < -0.3 is 85.6 Å². The Hall–Kier alpha value is 2.86. The Balaban J connectivity index is 0.00000352. The number of hydrogen-bond acceptors (Lipinski definition) is 28. The number of hydrogen-bond donors (Lipinski definition) is 6. The van der Waals surface area contributed by atoms with Gasteiger partial charge in [-0.2, -0.15) is 0 Å². The summed E-state index contributed by atoms with van der Waals surface area (Å²) in [6, 6.07) is 0. The molecular weight excluding hydrogens is 1080 g/mol. The Kier molecular flexibility index (Phi) is 25.3. The molecule has 4 aromatic heterocycles. The molecule has 0 aromatic carbocycles. The van der Waals surface area contributed by atoms with Crippen LogP contribution in [0.5, 0.6) is 0 Å². The molecule has 6 rings (SSSR count). The SMILES string of the molecule is CNc1nc(SC)nc2c1ncn2[C@@H]1O[C@H](COP(=O)([S-])OP(=O)([O-])C(Cl)P(=O)([O-])OP([O-])(=S)OC[C@H]2O[C@@H](n3cnc4c(NC)nc(SC)nc43)[C@H](O)[C@@H]2O)[C@@H](O)[C@H]1O.[Na+].[Na+].[Na+].[Na+]. The number of fused-ring (bicyclic) bond motifs is 2. The van der Waals surface area contributed by atoms with Gasteiger partial charge in [-0.25, -0.2) is 29.9 Å². The van der Waals surface area contributed by atoms with Crippen molar-refractivity contribution in [3.05, 3.63) is 12.7 Å². The average molecular weight is 1110 g/mol. The largest absolute Gasteiger partial charge is 1.00 e. The smallest absolute Gasteiger partial charge is 0.779 e. The van der Waals surface area contributed by atoms with Gasteiger partial charge in [0.25, 0.3) is 0 Å². The third-order valence-electron chi connectivity index (χ3n) is 8.61. The third-order valence-corrected chi connectivity index (χ3v) is 20.1. The van der Waals surface area contributed by atoms with Gasteiger partial charge >= 0.3 is 118 Å². The molecule has 2 aliphatic heterocycles. The van der Waals surface area contributed by atoms with Gasteiger partial charge in [0.05, 0.1) is 25.9 Å². The van der Waals surface area contributed by atoms with Crippen LogP contribution in [-0.2, 0) is 64.9 Å². The summed E-state index contributed by atoms with van der Waals surface area (Å²) in [6.07, 6.45) is -6.58. The van der Waals surface area contributed by atoms with Crippen LogP contribution in [0.2, 0.25) is 0 Å². The number of aliphatic hydroxyl groups excluding tert-OH is 4. The standard InChI is InChI=1S/C25H37ClN10O16P4S4.4Na/c1-27-17-11-19(33-24(31-17)59-3)35(7-29-11)21-15(39)13(37)9(49-21)5-47-55(45,57)51-53(41,42)23(26)54(43,44)52-56(46,58)48-6-10-14(38)16(40)22(50-10)36-8-30-12-18(28-2)32-25(60-4)34-20(12)36;;;;/h7-10,13-16,21-23,37-40H,5-6H2,1-4H3,(H,41,42)(H,43,44)(H,45,57)(H,46,58)(H,27,31,33)(H,28,32,34);;;;/q;4*+1/p-4/t9-,10-,13-,14-,15-,16-,21-,22-,23?,55?,56?;;;;/m1..../s1. The first-order chi connectivity index (χ1) is 28.1. The summed E-state index contributed by atoms with van der Waals surface area (Å²) in [6.45, 7) is -12.4. The molecule has 2 fully saturated rings. The van der Waals surface area contributed by atoms with Crippen molar-refractivity contribution in [3.63, 3.8) is 0 Å². The van der Waals surface area contributed by atoms with Gasteiger partial charge in [0.2, 0.25) is 6.80 Å². The number of ether oxygens (including phenoxy) is 2. The predicted octanol–water partition coefficient (Wildman–Crippen LogP) is -12.6. The fraction of sp³-hybridized carbons (Fsp3) is 0.600. The Morgan fingerprint density at radius 2 is 1.16 bits per heavy atom. The summed E-state index contributed by atoms with van der Waals surface area (Å²) in [4.78, 5) is 61.2.